The topological polar surface area (TPSA) is 130 Å². The predicted octanol–water partition coefficient (Wildman–Crippen LogP) is 4.57. The van der Waals surface area contributed by atoms with E-state index < -0.39 is 23.3 Å². The fraction of sp³-hybridized carbons (Fsp3) is 0.200. The van der Waals surface area contributed by atoms with Crippen LogP contribution < -0.4 is 10.0 Å². The SMILES string of the molecule is CCc1nc([C@@H](C=NC(=O)/C(=C/c2ccccc2)NC(=O)OC)Cc2ccc(NS(=O)O)cc2)cs1. The van der Waals surface area contributed by atoms with E-state index in [1.807, 2.05) is 42.6 Å². The van der Waals surface area contributed by atoms with Gasteiger partial charge < -0.3 is 4.74 Å². The molecule has 0 saturated heterocycles. The Bertz CT molecular complexity index is 1260. The molecule has 1 aromatic heterocycles. The van der Waals surface area contributed by atoms with Gasteiger partial charge >= 0.3 is 6.09 Å². The zero-order chi connectivity index (χ0) is 25.9. The molecule has 3 rings (SSSR count). The lowest BCUT2D eigenvalue weighted by atomic mass is 9.97. The third-order valence-electron chi connectivity index (χ3n) is 5.00. The van der Waals surface area contributed by atoms with Crippen molar-refractivity contribution in [2.24, 2.45) is 4.99 Å². The molecule has 9 nitrogen and oxygen atoms in total. The molecule has 2 amide bonds. The summed E-state index contributed by atoms with van der Waals surface area (Å²) >= 11 is -0.619. The Balaban J connectivity index is 1.86. The highest BCUT2D eigenvalue weighted by Crippen LogP contribution is 2.23. The summed E-state index contributed by atoms with van der Waals surface area (Å²) in [5.41, 5.74) is 2.90. The monoisotopic (exact) mass is 526 g/mol. The number of nitrogens with zero attached hydrogens (tertiary/aromatic N) is 2. The second kappa shape index (κ2) is 13.4. The van der Waals surface area contributed by atoms with Crippen LogP contribution in [0.25, 0.3) is 6.08 Å². The van der Waals surface area contributed by atoms with Gasteiger partial charge in [0.25, 0.3) is 17.2 Å². The van der Waals surface area contributed by atoms with Crippen molar-refractivity contribution in [2.45, 2.75) is 25.7 Å². The van der Waals surface area contributed by atoms with E-state index in [9.17, 15) is 13.8 Å². The van der Waals surface area contributed by atoms with E-state index >= 15 is 0 Å². The Labute approximate surface area is 215 Å². The summed E-state index contributed by atoms with van der Waals surface area (Å²) in [6.07, 6.45) is 3.57. The molecule has 0 spiro atoms. The van der Waals surface area contributed by atoms with E-state index in [1.165, 1.54) is 30.7 Å². The Morgan fingerprint density at radius 3 is 2.53 bits per heavy atom. The highest BCUT2D eigenvalue weighted by molar-refractivity contribution is 7.80. The number of ether oxygens (including phenoxy) is 1. The van der Waals surface area contributed by atoms with Crippen LogP contribution in [0.15, 0.2) is 70.7 Å². The number of carbonyl (C=O) groups is 2. The number of aromatic nitrogens is 1. The first kappa shape index (κ1) is 26.9. The molecule has 36 heavy (non-hydrogen) atoms. The average Bonchev–Trinajstić information content (AvgIpc) is 3.36. The number of alkyl carbamates (subject to hydrolysis) is 1. The summed E-state index contributed by atoms with van der Waals surface area (Å²) in [4.78, 5) is 33.6. The van der Waals surface area contributed by atoms with Crippen molar-refractivity contribution in [1.29, 1.82) is 0 Å². The van der Waals surface area contributed by atoms with Crippen molar-refractivity contribution in [3.8, 4) is 0 Å². The third-order valence-corrected chi connectivity index (χ3v) is 6.42. The van der Waals surface area contributed by atoms with E-state index in [0.717, 1.165) is 22.7 Å². The highest BCUT2D eigenvalue weighted by Gasteiger charge is 2.17. The Morgan fingerprint density at radius 1 is 1.19 bits per heavy atom. The van der Waals surface area contributed by atoms with Crippen LogP contribution in [-0.2, 0) is 33.6 Å². The Morgan fingerprint density at radius 2 is 1.92 bits per heavy atom. The van der Waals surface area contributed by atoms with Crippen molar-refractivity contribution >= 4 is 52.6 Å². The van der Waals surface area contributed by atoms with Crippen LogP contribution in [0.2, 0.25) is 0 Å². The second-order valence-electron chi connectivity index (χ2n) is 7.55. The summed E-state index contributed by atoms with van der Waals surface area (Å²) in [6, 6.07) is 16.1. The number of rotatable bonds is 10. The summed E-state index contributed by atoms with van der Waals surface area (Å²) < 4.78 is 27.0. The smallest absolute Gasteiger partial charge is 0.411 e. The quantitative estimate of drug-likeness (QED) is 0.201. The molecule has 1 unspecified atom stereocenters. The molecule has 0 aliphatic carbocycles. The maximum atomic E-state index is 13.0. The van der Waals surface area contributed by atoms with Crippen molar-refractivity contribution in [2.75, 3.05) is 11.8 Å². The lowest BCUT2D eigenvalue weighted by Crippen LogP contribution is -2.26. The number of benzene rings is 2. The number of thiazole rings is 1. The van der Waals surface area contributed by atoms with Crippen LogP contribution in [0.3, 0.4) is 0 Å². The number of aliphatic imine (C=N–C) groups is 1. The second-order valence-corrected chi connectivity index (χ2v) is 9.19. The normalized spacial score (nSPS) is 13.2. The lowest BCUT2D eigenvalue weighted by Gasteiger charge is -2.11. The molecule has 0 bridgehead atoms. The number of hydrogen-bond acceptors (Lipinski definition) is 6. The van der Waals surface area contributed by atoms with Gasteiger partial charge in [-0.3, -0.25) is 19.4 Å². The number of hydrogen-bond donors (Lipinski definition) is 3. The maximum Gasteiger partial charge on any atom is 0.411 e. The minimum absolute atomic E-state index is 0.0250. The first-order valence-electron chi connectivity index (χ1n) is 11.0. The van der Waals surface area contributed by atoms with E-state index in [-0.39, 0.29) is 11.6 Å². The van der Waals surface area contributed by atoms with Crippen LogP contribution in [0.1, 0.15) is 34.7 Å². The third kappa shape index (κ3) is 8.22. The Hall–Kier alpha value is -3.67. The number of carbonyl (C=O) groups excluding carboxylic acids is 2. The fourth-order valence-electron chi connectivity index (χ4n) is 3.21. The molecule has 3 aromatic rings. The van der Waals surface area contributed by atoms with E-state index in [0.29, 0.717) is 17.7 Å². The molecule has 188 valence electrons. The molecule has 0 saturated carbocycles. The largest absolute Gasteiger partial charge is 0.453 e. The molecule has 0 radical (unpaired) electrons. The fourth-order valence-corrected chi connectivity index (χ4v) is 4.36. The predicted molar refractivity (Wildman–Crippen MR) is 142 cm³/mol. The van der Waals surface area contributed by atoms with Gasteiger partial charge in [-0.1, -0.05) is 49.4 Å². The molecule has 2 atom stereocenters. The standard InChI is InChI=1S/C25H26N4O5S2/c1-3-23-27-22(16-35-23)19(13-18-9-11-20(12-10-18)29-36(32)33)15-26-24(30)21(28-25(31)34-2)14-17-7-5-4-6-8-17/h4-12,14-16,19,29H,3,13H2,1-2H3,(H,28,31)(H,32,33)/b21-14-,26-15?/t19-/m1/s1. The molecular formula is C25H26N4O5S2. The summed E-state index contributed by atoms with van der Waals surface area (Å²) in [5.74, 6) is -0.947. The maximum absolute atomic E-state index is 13.0. The molecule has 0 fully saturated rings. The first-order chi connectivity index (χ1) is 17.4. The van der Waals surface area contributed by atoms with Crippen molar-refractivity contribution < 1.29 is 23.1 Å². The van der Waals surface area contributed by atoms with Gasteiger partial charge in [0.1, 0.15) is 5.70 Å². The molecule has 0 aliphatic rings. The molecule has 1 heterocycles. The highest BCUT2D eigenvalue weighted by atomic mass is 32.2. The first-order valence-corrected chi connectivity index (χ1v) is 13.0. The number of aryl methyl sites for hydroxylation is 1. The Kier molecular flexibility index (Phi) is 10.0. The summed E-state index contributed by atoms with van der Waals surface area (Å²) in [5, 5.41) is 5.35. The van der Waals surface area contributed by atoms with E-state index in [2.05, 4.69) is 24.8 Å². The van der Waals surface area contributed by atoms with Crippen molar-refractivity contribution in [3.05, 3.63) is 87.5 Å². The van der Waals surface area contributed by atoms with E-state index in [4.69, 9.17) is 4.55 Å². The van der Waals surface area contributed by atoms with Gasteiger partial charge in [-0.05, 0) is 42.2 Å². The minimum atomic E-state index is -2.16. The molecule has 3 N–H and O–H groups in total. The molecule has 2 aromatic carbocycles. The average molecular weight is 527 g/mol. The summed E-state index contributed by atoms with van der Waals surface area (Å²) in [7, 11) is 1.21. The molecular weight excluding hydrogens is 500 g/mol. The van der Waals surface area contributed by atoms with E-state index in [1.54, 1.807) is 24.3 Å². The van der Waals surface area contributed by atoms with Gasteiger partial charge in [-0.15, -0.1) is 11.3 Å². The van der Waals surface area contributed by atoms with Gasteiger partial charge in [0.2, 0.25) is 0 Å². The van der Waals surface area contributed by atoms with Gasteiger partial charge in [0.05, 0.1) is 17.8 Å². The summed E-state index contributed by atoms with van der Waals surface area (Å²) in [6.45, 7) is 2.02. The number of methoxy groups -OCH3 is 1. The lowest BCUT2D eigenvalue weighted by molar-refractivity contribution is -0.114. The number of nitrogens with one attached hydrogen (secondary N) is 2. The number of amides is 2. The molecule has 11 heteroatoms. The van der Waals surface area contributed by atoms with Crippen LogP contribution in [0.4, 0.5) is 10.5 Å². The van der Waals surface area contributed by atoms with Crippen LogP contribution >= 0.6 is 11.3 Å². The van der Waals surface area contributed by atoms with Crippen LogP contribution in [0, 0.1) is 0 Å². The van der Waals surface area contributed by atoms with Crippen molar-refractivity contribution in [1.82, 2.24) is 10.3 Å². The van der Waals surface area contributed by atoms with Crippen LogP contribution in [0.5, 0.6) is 0 Å². The van der Waals surface area contributed by atoms with Crippen LogP contribution in [-0.4, -0.2) is 39.1 Å². The number of anilines is 1. The van der Waals surface area contributed by atoms with Gasteiger partial charge in [0.15, 0.2) is 0 Å². The van der Waals surface area contributed by atoms with Gasteiger partial charge in [0, 0.05) is 23.2 Å². The minimum Gasteiger partial charge on any atom is -0.453 e. The van der Waals surface area contributed by atoms with Gasteiger partial charge in [-0.2, -0.15) is 0 Å². The zero-order valence-corrected chi connectivity index (χ0v) is 21.3. The van der Waals surface area contributed by atoms with Crippen molar-refractivity contribution in [3.63, 3.8) is 0 Å². The van der Waals surface area contributed by atoms with Gasteiger partial charge in [-0.25, -0.2) is 19.0 Å². The molecule has 0 aliphatic heterocycles. The zero-order valence-electron chi connectivity index (χ0n) is 19.7.